The van der Waals surface area contributed by atoms with Crippen LogP contribution in [0.5, 0.6) is 11.5 Å². The summed E-state index contributed by atoms with van der Waals surface area (Å²) in [6.45, 7) is 1.01. The largest absolute Gasteiger partial charge is 0.454 e. The first-order valence-corrected chi connectivity index (χ1v) is 7.24. The zero-order chi connectivity index (χ0) is 15.4. The summed E-state index contributed by atoms with van der Waals surface area (Å²) in [7, 11) is 0. The summed E-state index contributed by atoms with van der Waals surface area (Å²) in [5, 5.41) is 6.36. The fourth-order valence-corrected chi connectivity index (χ4v) is 2.31. The van der Waals surface area contributed by atoms with Gasteiger partial charge in [-0.15, -0.1) is 0 Å². The standard InChI is InChI=1S/C16H15ClN2O3/c17-12-3-1-2-4-13(12)19-16(20)9-18-8-11-5-6-14-15(7-11)22-10-21-14/h1-7,18H,8-10H2,(H,19,20). The number of ether oxygens (including phenoxy) is 2. The highest BCUT2D eigenvalue weighted by Gasteiger charge is 2.13. The van der Waals surface area contributed by atoms with Crippen LogP contribution in [0.2, 0.25) is 5.02 Å². The van der Waals surface area contributed by atoms with Gasteiger partial charge in [-0.3, -0.25) is 4.79 Å². The van der Waals surface area contributed by atoms with Gasteiger partial charge in [-0.1, -0.05) is 29.8 Å². The number of hydrogen-bond donors (Lipinski definition) is 2. The van der Waals surface area contributed by atoms with Crippen LogP contribution in [0, 0.1) is 0 Å². The molecule has 5 nitrogen and oxygen atoms in total. The van der Waals surface area contributed by atoms with E-state index in [0.29, 0.717) is 17.3 Å². The number of carbonyl (C=O) groups is 1. The third-order valence-corrected chi connectivity index (χ3v) is 3.53. The number of fused-ring (bicyclic) bond motifs is 1. The smallest absolute Gasteiger partial charge is 0.238 e. The Morgan fingerprint density at radius 1 is 1.14 bits per heavy atom. The lowest BCUT2D eigenvalue weighted by atomic mass is 10.2. The van der Waals surface area contributed by atoms with Crippen molar-refractivity contribution in [2.45, 2.75) is 6.54 Å². The molecule has 6 heteroatoms. The maximum Gasteiger partial charge on any atom is 0.238 e. The molecule has 1 aliphatic heterocycles. The number of rotatable bonds is 5. The first-order valence-electron chi connectivity index (χ1n) is 6.86. The van der Waals surface area contributed by atoms with Crippen LogP contribution in [-0.2, 0) is 11.3 Å². The Hall–Kier alpha value is -2.24. The van der Waals surface area contributed by atoms with Crippen LogP contribution in [0.25, 0.3) is 0 Å². The topological polar surface area (TPSA) is 59.6 Å². The van der Waals surface area contributed by atoms with Gasteiger partial charge in [0, 0.05) is 6.54 Å². The van der Waals surface area contributed by atoms with E-state index in [1.807, 2.05) is 30.3 Å². The van der Waals surface area contributed by atoms with Crippen molar-refractivity contribution >= 4 is 23.2 Å². The van der Waals surface area contributed by atoms with E-state index < -0.39 is 0 Å². The van der Waals surface area contributed by atoms with Crippen LogP contribution < -0.4 is 20.1 Å². The van der Waals surface area contributed by atoms with E-state index in [4.69, 9.17) is 21.1 Å². The van der Waals surface area contributed by atoms with Crippen LogP contribution in [0.4, 0.5) is 5.69 Å². The molecule has 0 aromatic heterocycles. The quantitative estimate of drug-likeness (QED) is 0.890. The first kappa shape index (κ1) is 14.7. The van der Waals surface area contributed by atoms with Gasteiger partial charge in [-0.05, 0) is 29.8 Å². The molecule has 0 saturated carbocycles. The second-order valence-electron chi connectivity index (χ2n) is 4.82. The number of anilines is 1. The van der Waals surface area contributed by atoms with Gasteiger partial charge in [0.05, 0.1) is 17.3 Å². The van der Waals surface area contributed by atoms with Crippen LogP contribution in [0.1, 0.15) is 5.56 Å². The minimum Gasteiger partial charge on any atom is -0.454 e. The number of carbonyl (C=O) groups excluding carboxylic acids is 1. The highest BCUT2D eigenvalue weighted by Crippen LogP contribution is 2.32. The molecule has 1 amide bonds. The third-order valence-electron chi connectivity index (χ3n) is 3.20. The monoisotopic (exact) mass is 318 g/mol. The Morgan fingerprint density at radius 3 is 2.82 bits per heavy atom. The van der Waals surface area contributed by atoms with Gasteiger partial charge in [0.2, 0.25) is 12.7 Å². The van der Waals surface area contributed by atoms with Crippen molar-refractivity contribution in [1.29, 1.82) is 0 Å². The molecular formula is C16H15ClN2O3. The first-order chi connectivity index (χ1) is 10.7. The van der Waals surface area contributed by atoms with E-state index in [2.05, 4.69) is 10.6 Å². The molecule has 22 heavy (non-hydrogen) atoms. The molecule has 0 spiro atoms. The number of amides is 1. The zero-order valence-corrected chi connectivity index (χ0v) is 12.5. The molecule has 0 bridgehead atoms. The van der Waals surface area contributed by atoms with Crippen molar-refractivity contribution in [3.63, 3.8) is 0 Å². The number of nitrogens with one attached hydrogen (secondary N) is 2. The number of para-hydroxylation sites is 1. The number of hydrogen-bond acceptors (Lipinski definition) is 4. The average molecular weight is 319 g/mol. The fourth-order valence-electron chi connectivity index (χ4n) is 2.13. The van der Waals surface area contributed by atoms with Gasteiger partial charge in [-0.25, -0.2) is 0 Å². The summed E-state index contributed by atoms with van der Waals surface area (Å²) < 4.78 is 10.6. The van der Waals surface area contributed by atoms with Gasteiger partial charge >= 0.3 is 0 Å². The van der Waals surface area contributed by atoms with E-state index in [-0.39, 0.29) is 19.2 Å². The zero-order valence-electron chi connectivity index (χ0n) is 11.8. The summed E-state index contributed by atoms with van der Waals surface area (Å²) in [6.07, 6.45) is 0. The molecule has 0 aliphatic carbocycles. The van der Waals surface area contributed by atoms with E-state index in [0.717, 1.165) is 17.1 Å². The summed E-state index contributed by atoms with van der Waals surface area (Å²) in [5.74, 6) is 1.34. The average Bonchev–Trinajstić information content (AvgIpc) is 2.97. The summed E-state index contributed by atoms with van der Waals surface area (Å²) >= 11 is 5.99. The van der Waals surface area contributed by atoms with Crippen LogP contribution in [0.3, 0.4) is 0 Å². The van der Waals surface area contributed by atoms with Crippen molar-refractivity contribution in [3.8, 4) is 11.5 Å². The molecule has 2 aromatic carbocycles. The number of benzene rings is 2. The van der Waals surface area contributed by atoms with E-state index in [9.17, 15) is 4.79 Å². The maximum atomic E-state index is 11.9. The Bertz CT molecular complexity index is 691. The second kappa shape index (κ2) is 6.68. The maximum absolute atomic E-state index is 11.9. The normalized spacial score (nSPS) is 12.2. The molecule has 2 aromatic rings. The second-order valence-corrected chi connectivity index (χ2v) is 5.23. The molecule has 3 rings (SSSR count). The molecule has 1 aliphatic rings. The molecule has 0 saturated heterocycles. The van der Waals surface area contributed by atoms with Gasteiger partial charge < -0.3 is 20.1 Å². The van der Waals surface area contributed by atoms with Crippen LogP contribution in [-0.4, -0.2) is 19.2 Å². The van der Waals surface area contributed by atoms with E-state index in [1.165, 1.54) is 0 Å². The fraction of sp³-hybridized carbons (Fsp3) is 0.188. The Kier molecular flexibility index (Phi) is 4.46. The summed E-state index contributed by atoms with van der Waals surface area (Å²) in [4.78, 5) is 11.9. The summed E-state index contributed by atoms with van der Waals surface area (Å²) in [6, 6.07) is 12.8. The van der Waals surface area contributed by atoms with Gasteiger partial charge in [-0.2, -0.15) is 0 Å². The molecule has 0 atom stereocenters. The van der Waals surface area contributed by atoms with Gasteiger partial charge in [0.25, 0.3) is 0 Å². The third kappa shape index (κ3) is 3.50. The molecule has 0 fully saturated rings. The Labute approximate surface area is 133 Å². The van der Waals surface area contributed by atoms with Gasteiger partial charge in [0.1, 0.15) is 0 Å². The van der Waals surface area contributed by atoms with E-state index in [1.54, 1.807) is 12.1 Å². The number of halogens is 1. The SMILES string of the molecule is O=C(CNCc1ccc2c(c1)OCO2)Nc1ccccc1Cl. The lowest BCUT2D eigenvalue weighted by molar-refractivity contribution is -0.115. The van der Waals surface area contributed by atoms with Crippen molar-refractivity contribution in [2.75, 3.05) is 18.7 Å². The highest BCUT2D eigenvalue weighted by atomic mass is 35.5. The van der Waals surface area contributed by atoms with Crippen LogP contribution in [0.15, 0.2) is 42.5 Å². The van der Waals surface area contributed by atoms with Crippen LogP contribution >= 0.6 is 11.6 Å². The molecule has 0 unspecified atom stereocenters. The lowest BCUT2D eigenvalue weighted by Crippen LogP contribution is -2.27. The highest BCUT2D eigenvalue weighted by molar-refractivity contribution is 6.33. The predicted molar refractivity (Wildman–Crippen MR) is 84.4 cm³/mol. The van der Waals surface area contributed by atoms with Crippen molar-refractivity contribution < 1.29 is 14.3 Å². The molecule has 114 valence electrons. The molecule has 1 heterocycles. The molecule has 2 N–H and O–H groups in total. The Morgan fingerprint density at radius 2 is 1.95 bits per heavy atom. The Balaban J connectivity index is 1.49. The minimum absolute atomic E-state index is 0.145. The molecular weight excluding hydrogens is 304 g/mol. The summed E-state index contributed by atoms with van der Waals surface area (Å²) in [5.41, 5.74) is 1.63. The van der Waals surface area contributed by atoms with E-state index >= 15 is 0 Å². The minimum atomic E-state index is -0.145. The van der Waals surface area contributed by atoms with Crippen molar-refractivity contribution in [3.05, 3.63) is 53.1 Å². The molecule has 0 radical (unpaired) electrons. The lowest BCUT2D eigenvalue weighted by Gasteiger charge is -2.08. The van der Waals surface area contributed by atoms with Gasteiger partial charge in [0.15, 0.2) is 11.5 Å². The van der Waals surface area contributed by atoms with Crippen molar-refractivity contribution in [1.82, 2.24) is 5.32 Å². The predicted octanol–water partition coefficient (Wildman–Crippen LogP) is 2.80. The van der Waals surface area contributed by atoms with Crippen molar-refractivity contribution in [2.24, 2.45) is 0 Å².